The first-order chi connectivity index (χ1) is 20.4. The predicted octanol–water partition coefficient (Wildman–Crippen LogP) is 7.64. The summed E-state index contributed by atoms with van der Waals surface area (Å²) in [6, 6.07) is -1.04. The third-order valence-electron chi connectivity index (χ3n) is 7.99. The van der Waals surface area contributed by atoms with E-state index in [9.17, 15) is 43.1 Å². The average molecular weight is 647 g/mol. The molecule has 2 aliphatic rings. The van der Waals surface area contributed by atoms with Gasteiger partial charge in [-0.2, -0.15) is 5.26 Å². The van der Waals surface area contributed by atoms with Crippen molar-refractivity contribution in [2.75, 3.05) is 11.4 Å². The molecule has 16 heteroatoms. The molecule has 1 aromatic carbocycles. The summed E-state index contributed by atoms with van der Waals surface area (Å²) in [5, 5.41) is 12.4. The number of anilines is 1. The van der Waals surface area contributed by atoms with E-state index in [0.29, 0.717) is 18.6 Å². The Morgan fingerprint density at radius 3 is 2.36 bits per heavy atom. The summed E-state index contributed by atoms with van der Waals surface area (Å²) in [5.74, 6) is -4.89. The SMILES string of the molecule is [C-]#[N+]c1ccncc1C(C(=O)NC1CCC(F)(F)CC1)N(C(=O)[C@H]1C[C@@H](CC)CN1C#N)c1ccc(S(F)(F)(F)(F)F)cc1. The van der Waals surface area contributed by atoms with Gasteiger partial charge in [-0.3, -0.25) is 24.4 Å². The molecule has 2 fully saturated rings. The lowest BCUT2D eigenvalue weighted by Gasteiger charge is -2.41. The van der Waals surface area contributed by atoms with E-state index in [1.807, 2.05) is 13.1 Å². The number of aromatic nitrogens is 1. The molecule has 44 heavy (non-hydrogen) atoms. The van der Waals surface area contributed by atoms with E-state index in [0.717, 1.165) is 11.1 Å². The minimum absolute atomic E-state index is 0.0971. The molecule has 1 aliphatic heterocycles. The molecule has 2 amide bonds. The van der Waals surface area contributed by atoms with Gasteiger partial charge in [-0.1, -0.05) is 32.8 Å². The number of nitrogens with zero attached hydrogens (tertiary/aromatic N) is 5. The van der Waals surface area contributed by atoms with Gasteiger partial charge in [0.05, 0.1) is 6.57 Å². The number of amides is 2. The molecule has 2 heterocycles. The maximum atomic E-state index is 14.3. The summed E-state index contributed by atoms with van der Waals surface area (Å²) < 4.78 is 95.3. The standard InChI is InChI=1S/C28H29F7N6O2S/c1-3-18-14-24(40(16-18)17-36)27(43)41(20-4-6-21(7-5-20)44(31,32,33,34)35)25(22-15-38-13-10-23(22)37-2)26(42)39-19-8-11-28(29,30)12-9-19/h4-7,10,13,15,18-19,24-25H,3,8-9,11-12,14,16H2,1H3,(H,39,42)/t18-,24-,25?/m1/s1. The third-order valence-corrected chi connectivity index (χ3v) is 9.15. The summed E-state index contributed by atoms with van der Waals surface area (Å²) in [5.41, 5.74) is -0.680. The van der Waals surface area contributed by atoms with Crippen LogP contribution in [-0.4, -0.2) is 46.2 Å². The zero-order valence-electron chi connectivity index (χ0n) is 23.4. The van der Waals surface area contributed by atoms with E-state index in [1.165, 1.54) is 17.2 Å². The van der Waals surface area contributed by atoms with Crippen molar-refractivity contribution in [1.29, 1.82) is 5.26 Å². The van der Waals surface area contributed by atoms with Crippen LogP contribution in [0.15, 0.2) is 47.6 Å². The van der Waals surface area contributed by atoms with Gasteiger partial charge in [0.15, 0.2) is 11.9 Å². The lowest BCUT2D eigenvalue weighted by atomic mass is 9.91. The van der Waals surface area contributed by atoms with Gasteiger partial charge in [-0.15, -0.1) is 0 Å². The molecule has 8 nitrogen and oxygen atoms in total. The highest BCUT2D eigenvalue weighted by Gasteiger charge is 2.65. The van der Waals surface area contributed by atoms with Crippen LogP contribution in [0.5, 0.6) is 0 Å². The van der Waals surface area contributed by atoms with E-state index in [2.05, 4.69) is 15.1 Å². The van der Waals surface area contributed by atoms with Gasteiger partial charge in [0.2, 0.25) is 11.8 Å². The van der Waals surface area contributed by atoms with Gasteiger partial charge in [-0.25, -0.2) is 13.6 Å². The molecule has 1 saturated carbocycles. The number of benzene rings is 1. The number of likely N-dealkylation sites (tertiary alicyclic amines) is 1. The summed E-state index contributed by atoms with van der Waals surface area (Å²) in [7, 11) is -10.1. The van der Waals surface area contributed by atoms with Gasteiger partial charge in [0.1, 0.15) is 17.0 Å². The van der Waals surface area contributed by atoms with Crippen molar-refractivity contribution in [3.8, 4) is 6.19 Å². The molecule has 238 valence electrons. The number of nitrogens with one attached hydrogen (secondary N) is 1. The normalized spacial score (nSPS) is 22.5. The van der Waals surface area contributed by atoms with Gasteiger partial charge in [0.25, 0.3) is 5.91 Å². The Morgan fingerprint density at radius 1 is 1.18 bits per heavy atom. The van der Waals surface area contributed by atoms with Crippen molar-refractivity contribution in [1.82, 2.24) is 15.2 Å². The zero-order chi connectivity index (χ0) is 32.6. The van der Waals surface area contributed by atoms with Crippen LogP contribution in [0.3, 0.4) is 0 Å². The van der Waals surface area contributed by atoms with Gasteiger partial charge < -0.3 is 5.32 Å². The molecule has 0 spiro atoms. The predicted molar refractivity (Wildman–Crippen MR) is 148 cm³/mol. The van der Waals surface area contributed by atoms with Crippen LogP contribution in [-0.2, 0) is 9.59 Å². The maximum absolute atomic E-state index is 14.3. The second kappa shape index (κ2) is 11.1. The number of pyridine rings is 1. The maximum Gasteiger partial charge on any atom is 0.310 e. The Morgan fingerprint density at radius 2 is 1.82 bits per heavy atom. The number of alkyl halides is 2. The van der Waals surface area contributed by atoms with Gasteiger partial charge in [0, 0.05) is 49.1 Å². The third kappa shape index (κ3) is 7.18. The highest BCUT2D eigenvalue weighted by Crippen LogP contribution is 3.02. The first kappa shape index (κ1) is 32.9. The van der Waals surface area contributed by atoms with Gasteiger partial charge in [-0.05, 0) is 55.5 Å². The van der Waals surface area contributed by atoms with E-state index < -0.39 is 69.5 Å². The van der Waals surface area contributed by atoms with E-state index in [1.54, 1.807) is 0 Å². The minimum Gasteiger partial charge on any atom is -0.351 e. The van der Waals surface area contributed by atoms with E-state index in [-0.39, 0.29) is 55.1 Å². The number of rotatable bonds is 8. The Hall–Kier alpha value is -4.05. The smallest absolute Gasteiger partial charge is 0.310 e. The van der Waals surface area contributed by atoms with Crippen molar-refractivity contribution < 1.29 is 37.8 Å². The summed E-state index contributed by atoms with van der Waals surface area (Å²) in [6.07, 6.45) is 3.76. The van der Waals surface area contributed by atoms with Crippen LogP contribution < -0.4 is 10.2 Å². The highest BCUT2D eigenvalue weighted by molar-refractivity contribution is 8.45. The molecule has 4 rings (SSSR count). The van der Waals surface area contributed by atoms with Crippen LogP contribution in [0.1, 0.15) is 57.1 Å². The lowest BCUT2D eigenvalue weighted by Crippen LogP contribution is -2.52. The Bertz CT molecular complexity index is 1500. The fraction of sp³-hybridized carbons (Fsp3) is 0.464. The van der Waals surface area contributed by atoms with Crippen LogP contribution in [0, 0.1) is 23.9 Å². The monoisotopic (exact) mass is 646 g/mol. The van der Waals surface area contributed by atoms with Crippen molar-refractivity contribution in [3.05, 3.63) is 59.7 Å². The van der Waals surface area contributed by atoms with Crippen molar-refractivity contribution in [2.45, 2.75) is 74.4 Å². The van der Waals surface area contributed by atoms with E-state index in [4.69, 9.17) is 6.57 Å². The number of carbonyl (C=O) groups is 2. The molecule has 1 aromatic heterocycles. The first-order valence-corrected chi connectivity index (χ1v) is 15.7. The number of hydrogen-bond donors (Lipinski definition) is 1. The van der Waals surface area contributed by atoms with Crippen LogP contribution >= 0.6 is 10.2 Å². The van der Waals surface area contributed by atoms with E-state index >= 15 is 0 Å². The second-order valence-corrected chi connectivity index (χ2v) is 13.4. The summed E-state index contributed by atoms with van der Waals surface area (Å²) >= 11 is 0. The number of hydrogen-bond acceptors (Lipinski definition) is 5. The van der Waals surface area contributed by atoms with Crippen LogP contribution in [0.4, 0.5) is 39.6 Å². The largest absolute Gasteiger partial charge is 0.351 e. The Labute approximate surface area is 249 Å². The lowest BCUT2D eigenvalue weighted by molar-refractivity contribution is -0.129. The number of carbonyl (C=O) groups excluding carboxylic acids is 2. The molecular formula is C28H29F7N6O2S. The first-order valence-electron chi connectivity index (χ1n) is 13.7. The molecular weight excluding hydrogens is 617 g/mol. The Kier molecular flexibility index (Phi) is 8.32. The average Bonchev–Trinajstić information content (AvgIpc) is 3.39. The number of halogens is 7. The molecule has 0 bridgehead atoms. The minimum atomic E-state index is -10.1. The zero-order valence-corrected chi connectivity index (χ0v) is 24.2. The van der Waals surface area contributed by atoms with Crippen molar-refractivity contribution in [2.24, 2.45) is 5.92 Å². The quantitative estimate of drug-likeness (QED) is 0.181. The molecule has 2 aromatic rings. The molecule has 1 saturated heterocycles. The topological polar surface area (TPSA) is 93.7 Å². The fourth-order valence-corrected chi connectivity index (χ4v) is 6.22. The van der Waals surface area contributed by atoms with Crippen LogP contribution in [0.2, 0.25) is 0 Å². The fourth-order valence-electron chi connectivity index (χ4n) is 5.57. The molecule has 0 radical (unpaired) electrons. The summed E-state index contributed by atoms with van der Waals surface area (Å²) in [6.45, 7) is 9.64. The summed E-state index contributed by atoms with van der Waals surface area (Å²) in [4.78, 5) is 35.3. The second-order valence-electron chi connectivity index (χ2n) is 11.0. The highest BCUT2D eigenvalue weighted by atomic mass is 32.5. The van der Waals surface area contributed by atoms with Crippen molar-refractivity contribution >= 4 is 33.4 Å². The molecule has 1 aliphatic carbocycles. The Balaban J connectivity index is 1.86. The van der Waals surface area contributed by atoms with Crippen LogP contribution in [0.25, 0.3) is 4.85 Å². The molecule has 3 atom stereocenters. The number of nitriles is 1. The molecule has 1 N–H and O–H groups in total. The van der Waals surface area contributed by atoms with Gasteiger partial charge >= 0.3 is 10.2 Å². The molecule has 1 unspecified atom stereocenters. The van der Waals surface area contributed by atoms with Crippen molar-refractivity contribution in [3.63, 3.8) is 0 Å².